The fourth-order valence-electron chi connectivity index (χ4n) is 2.02. The maximum atomic E-state index is 12.3. The van der Waals surface area contributed by atoms with Crippen LogP contribution in [-0.2, 0) is 6.42 Å². The molecule has 110 valence electrons. The van der Waals surface area contributed by atoms with Gasteiger partial charge in [-0.15, -0.1) is 0 Å². The van der Waals surface area contributed by atoms with Gasteiger partial charge in [-0.1, -0.05) is 45.7 Å². The molecule has 0 heterocycles. The van der Waals surface area contributed by atoms with Gasteiger partial charge in [-0.2, -0.15) is 0 Å². The van der Waals surface area contributed by atoms with E-state index in [1.54, 1.807) is 6.07 Å². The number of amides is 1. The first-order valence-corrected chi connectivity index (χ1v) is 8.43. The zero-order valence-corrected chi connectivity index (χ0v) is 15.3. The average molecular weight is 432 g/mol. The van der Waals surface area contributed by atoms with E-state index in [2.05, 4.69) is 37.2 Å². The van der Waals surface area contributed by atoms with Gasteiger partial charge in [0.2, 0.25) is 0 Å². The number of carbonyl (C=O) groups excluding carboxylic acids is 1. The Labute approximate surface area is 146 Å². The number of benzene rings is 2. The third kappa shape index (κ3) is 4.56. The molecule has 2 rings (SSSR count). The second-order valence-corrected chi connectivity index (χ2v) is 6.97. The number of rotatable bonds is 4. The van der Waals surface area contributed by atoms with Crippen molar-refractivity contribution < 1.29 is 4.79 Å². The third-order valence-electron chi connectivity index (χ3n) is 3.04. The third-order valence-corrected chi connectivity index (χ3v) is 4.56. The van der Waals surface area contributed by atoms with Gasteiger partial charge >= 0.3 is 0 Å². The summed E-state index contributed by atoms with van der Waals surface area (Å²) in [7, 11) is 0. The Morgan fingerprint density at radius 3 is 2.62 bits per heavy atom. The van der Waals surface area contributed by atoms with Crippen LogP contribution < -0.4 is 5.32 Å². The number of hydrogen-bond acceptors (Lipinski definition) is 1. The average Bonchev–Trinajstić information content (AvgIpc) is 2.41. The molecule has 21 heavy (non-hydrogen) atoms. The molecule has 1 amide bonds. The van der Waals surface area contributed by atoms with Crippen LogP contribution in [0.25, 0.3) is 0 Å². The fourth-order valence-corrected chi connectivity index (χ4v) is 3.46. The van der Waals surface area contributed by atoms with Gasteiger partial charge in [0, 0.05) is 20.0 Å². The van der Waals surface area contributed by atoms with Crippen LogP contribution in [-0.4, -0.2) is 11.9 Å². The van der Waals surface area contributed by atoms with Gasteiger partial charge in [-0.25, -0.2) is 0 Å². The number of hydrogen-bond donors (Lipinski definition) is 1. The van der Waals surface area contributed by atoms with Gasteiger partial charge in [-0.05, 0) is 59.1 Å². The predicted molar refractivity (Wildman–Crippen MR) is 93.9 cm³/mol. The lowest BCUT2D eigenvalue weighted by atomic mass is 10.1. The van der Waals surface area contributed by atoms with Crippen LogP contribution in [0.3, 0.4) is 0 Å². The van der Waals surface area contributed by atoms with Gasteiger partial charge in [0.25, 0.3) is 5.91 Å². The van der Waals surface area contributed by atoms with E-state index >= 15 is 0 Å². The lowest BCUT2D eigenvalue weighted by Gasteiger charge is -2.15. The van der Waals surface area contributed by atoms with Crippen molar-refractivity contribution in [2.75, 3.05) is 0 Å². The van der Waals surface area contributed by atoms with Crippen LogP contribution in [0.5, 0.6) is 0 Å². The van der Waals surface area contributed by atoms with Crippen molar-refractivity contribution in [3.63, 3.8) is 0 Å². The first kappa shape index (κ1) is 16.5. The Bertz CT molecular complexity index is 660. The molecule has 0 fully saturated rings. The number of nitrogens with one attached hydrogen (secondary N) is 1. The van der Waals surface area contributed by atoms with Crippen LogP contribution in [0.4, 0.5) is 0 Å². The van der Waals surface area contributed by atoms with Gasteiger partial charge < -0.3 is 5.32 Å². The van der Waals surface area contributed by atoms with Gasteiger partial charge in [0.1, 0.15) is 0 Å². The monoisotopic (exact) mass is 429 g/mol. The summed E-state index contributed by atoms with van der Waals surface area (Å²) >= 11 is 12.9. The quantitative estimate of drug-likeness (QED) is 0.706. The summed E-state index contributed by atoms with van der Waals surface area (Å²) in [4.78, 5) is 12.3. The molecule has 5 heteroatoms. The highest BCUT2D eigenvalue weighted by atomic mass is 79.9. The molecule has 0 aromatic heterocycles. The minimum atomic E-state index is -0.103. The van der Waals surface area contributed by atoms with Crippen molar-refractivity contribution in [2.24, 2.45) is 0 Å². The molecule has 0 saturated carbocycles. The lowest BCUT2D eigenvalue weighted by Crippen LogP contribution is -2.34. The molecule has 2 aromatic rings. The SMILES string of the molecule is CC(Cc1ccccc1Cl)NC(=O)c1ccc(Br)cc1Br. The zero-order chi connectivity index (χ0) is 15.4. The van der Waals surface area contributed by atoms with Crippen LogP contribution in [0.1, 0.15) is 22.8 Å². The zero-order valence-electron chi connectivity index (χ0n) is 11.4. The molecule has 1 unspecified atom stereocenters. The van der Waals surface area contributed by atoms with E-state index in [4.69, 9.17) is 11.6 Å². The molecule has 0 radical (unpaired) electrons. The second-order valence-electron chi connectivity index (χ2n) is 4.79. The van der Waals surface area contributed by atoms with Crippen molar-refractivity contribution in [1.82, 2.24) is 5.32 Å². The molecule has 1 atom stereocenters. The van der Waals surface area contributed by atoms with Crippen molar-refractivity contribution in [3.05, 3.63) is 67.6 Å². The topological polar surface area (TPSA) is 29.1 Å². The smallest absolute Gasteiger partial charge is 0.252 e. The predicted octanol–water partition coefficient (Wildman–Crippen LogP) is 5.23. The number of carbonyl (C=O) groups is 1. The summed E-state index contributed by atoms with van der Waals surface area (Å²) in [5.41, 5.74) is 1.64. The van der Waals surface area contributed by atoms with Crippen molar-refractivity contribution in [2.45, 2.75) is 19.4 Å². The molecule has 0 bridgehead atoms. The summed E-state index contributed by atoms with van der Waals surface area (Å²) in [6.45, 7) is 1.97. The van der Waals surface area contributed by atoms with E-state index in [0.29, 0.717) is 12.0 Å². The lowest BCUT2D eigenvalue weighted by molar-refractivity contribution is 0.0939. The molecular formula is C16H14Br2ClNO. The Morgan fingerprint density at radius 2 is 1.95 bits per heavy atom. The molecule has 0 aliphatic rings. The van der Waals surface area contributed by atoms with Crippen molar-refractivity contribution in [3.8, 4) is 0 Å². The highest BCUT2D eigenvalue weighted by molar-refractivity contribution is 9.11. The Kier molecular flexibility index (Phi) is 5.85. The first-order valence-electron chi connectivity index (χ1n) is 6.46. The van der Waals surface area contributed by atoms with Crippen LogP contribution in [0.15, 0.2) is 51.4 Å². The van der Waals surface area contributed by atoms with Crippen molar-refractivity contribution in [1.29, 1.82) is 0 Å². The van der Waals surface area contributed by atoms with Crippen molar-refractivity contribution >= 4 is 49.4 Å². The minimum absolute atomic E-state index is 0.00653. The molecule has 0 aliphatic carbocycles. The fraction of sp³-hybridized carbons (Fsp3) is 0.188. The summed E-state index contributed by atoms with van der Waals surface area (Å²) < 4.78 is 1.69. The van der Waals surface area contributed by atoms with Crippen LogP contribution >= 0.6 is 43.5 Å². The molecule has 2 nitrogen and oxygen atoms in total. The summed E-state index contributed by atoms with van der Waals surface area (Å²) in [6, 6.07) is 13.2. The van der Waals surface area contributed by atoms with E-state index < -0.39 is 0 Å². The highest BCUT2D eigenvalue weighted by Gasteiger charge is 2.14. The largest absolute Gasteiger partial charge is 0.349 e. The summed E-state index contributed by atoms with van der Waals surface area (Å²) in [6.07, 6.45) is 0.694. The Hall–Kier alpha value is -0.840. The van der Waals surface area contributed by atoms with E-state index in [0.717, 1.165) is 19.5 Å². The van der Waals surface area contributed by atoms with Gasteiger partial charge in [0.05, 0.1) is 5.56 Å². The van der Waals surface area contributed by atoms with E-state index in [-0.39, 0.29) is 11.9 Å². The first-order chi connectivity index (χ1) is 9.97. The Balaban J connectivity index is 2.04. The van der Waals surface area contributed by atoms with Crippen LogP contribution in [0.2, 0.25) is 5.02 Å². The standard InChI is InChI=1S/C16H14Br2ClNO/c1-10(8-11-4-2-3-5-15(11)19)20-16(21)13-7-6-12(17)9-14(13)18/h2-7,9-10H,8H2,1H3,(H,20,21). The minimum Gasteiger partial charge on any atom is -0.349 e. The normalized spacial score (nSPS) is 12.0. The van der Waals surface area contributed by atoms with Gasteiger partial charge in [0.15, 0.2) is 0 Å². The summed E-state index contributed by atoms with van der Waals surface area (Å²) in [5, 5.41) is 3.71. The van der Waals surface area contributed by atoms with E-state index in [1.807, 2.05) is 43.3 Å². The molecular weight excluding hydrogens is 417 g/mol. The maximum absolute atomic E-state index is 12.3. The molecule has 0 spiro atoms. The maximum Gasteiger partial charge on any atom is 0.252 e. The summed E-state index contributed by atoms with van der Waals surface area (Å²) in [5.74, 6) is -0.103. The van der Waals surface area contributed by atoms with Gasteiger partial charge in [-0.3, -0.25) is 4.79 Å². The van der Waals surface area contributed by atoms with Crippen LogP contribution in [0, 0.1) is 0 Å². The van der Waals surface area contributed by atoms with E-state index in [9.17, 15) is 4.79 Å². The molecule has 2 aromatic carbocycles. The highest BCUT2D eigenvalue weighted by Crippen LogP contribution is 2.22. The molecule has 0 saturated heterocycles. The second kappa shape index (κ2) is 7.43. The molecule has 1 N–H and O–H groups in total. The Morgan fingerprint density at radius 1 is 1.24 bits per heavy atom. The van der Waals surface area contributed by atoms with E-state index in [1.165, 1.54) is 0 Å². The number of halogens is 3. The molecule has 0 aliphatic heterocycles.